The van der Waals surface area contributed by atoms with Crippen LogP contribution in [0.5, 0.6) is 0 Å². The van der Waals surface area contributed by atoms with Gasteiger partial charge in [0.2, 0.25) is 0 Å². The van der Waals surface area contributed by atoms with E-state index in [1.54, 1.807) is 17.7 Å². The van der Waals surface area contributed by atoms with Crippen LogP contribution in [-0.4, -0.2) is 0 Å². The Hall–Kier alpha value is -1.11. The molecular weight excluding hydrogens is 283 g/mol. The van der Waals surface area contributed by atoms with Crippen molar-refractivity contribution in [2.75, 3.05) is 0 Å². The van der Waals surface area contributed by atoms with Crippen LogP contribution in [0.2, 0.25) is 0 Å². The first-order valence-corrected chi connectivity index (χ1v) is 9.72. The van der Waals surface area contributed by atoms with Gasteiger partial charge in [0.25, 0.3) is 0 Å². The molecule has 23 heavy (non-hydrogen) atoms. The van der Waals surface area contributed by atoms with E-state index < -0.39 is 0 Å². The Morgan fingerprint density at radius 3 is 2.48 bits per heavy atom. The lowest BCUT2D eigenvalue weighted by atomic mass is 9.77. The van der Waals surface area contributed by atoms with E-state index in [-0.39, 0.29) is 5.82 Å². The molecule has 0 radical (unpaired) electrons. The van der Waals surface area contributed by atoms with Crippen molar-refractivity contribution in [1.82, 2.24) is 0 Å². The van der Waals surface area contributed by atoms with Crippen molar-refractivity contribution in [1.29, 1.82) is 0 Å². The zero-order chi connectivity index (χ0) is 16.1. The average molecular weight is 314 g/mol. The van der Waals surface area contributed by atoms with Gasteiger partial charge in [0, 0.05) is 0 Å². The molecule has 126 valence electrons. The summed E-state index contributed by atoms with van der Waals surface area (Å²) in [4.78, 5) is 0. The molecule has 0 heterocycles. The van der Waals surface area contributed by atoms with E-state index in [1.807, 2.05) is 6.07 Å². The van der Waals surface area contributed by atoms with E-state index in [4.69, 9.17) is 0 Å². The number of fused-ring (bicyclic) bond motifs is 1. The van der Waals surface area contributed by atoms with E-state index in [0.717, 1.165) is 24.7 Å². The molecule has 1 heteroatoms. The highest BCUT2D eigenvalue weighted by Gasteiger charge is 2.21. The Morgan fingerprint density at radius 1 is 1.00 bits per heavy atom. The lowest BCUT2D eigenvalue weighted by Crippen LogP contribution is -2.15. The Labute approximate surface area is 141 Å². The summed E-state index contributed by atoms with van der Waals surface area (Å²) in [5, 5.41) is 0. The molecule has 1 aromatic carbocycles. The second-order valence-electron chi connectivity index (χ2n) is 7.71. The zero-order valence-electron chi connectivity index (χ0n) is 14.6. The molecule has 0 aliphatic heterocycles. The van der Waals surface area contributed by atoms with E-state index >= 15 is 0 Å². The maximum absolute atomic E-state index is 13.3. The van der Waals surface area contributed by atoms with Gasteiger partial charge in [-0.25, -0.2) is 4.39 Å². The minimum absolute atomic E-state index is 0.0968. The van der Waals surface area contributed by atoms with Crippen molar-refractivity contribution in [3.63, 3.8) is 0 Å². The first-order chi connectivity index (χ1) is 11.2. The first kappa shape index (κ1) is 16.7. The molecule has 0 saturated heterocycles. The summed E-state index contributed by atoms with van der Waals surface area (Å²) >= 11 is 0. The molecular formula is C22H31F. The Kier molecular flexibility index (Phi) is 5.91. The highest BCUT2D eigenvalue weighted by Crippen LogP contribution is 2.36. The first-order valence-electron chi connectivity index (χ1n) is 9.72. The van der Waals surface area contributed by atoms with E-state index in [2.05, 4.69) is 13.0 Å². The van der Waals surface area contributed by atoms with Gasteiger partial charge in [-0.2, -0.15) is 0 Å². The zero-order valence-corrected chi connectivity index (χ0v) is 14.6. The molecule has 1 saturated carbocycles. The van der Waals surface area contributed by atoms with E-state index in [0.29, 0.717) is 0 Å². The quantitative estimate of drug-likeness (QED) is 0.534. The average Bonchev–Trinajstić information content (AvgIpc) is 2.59. The third-order valence-corrected chi connectivity index (χ3v) is 5.99. The summed E-state index contributed by atoms with van der Waals surface area (Å²) < 4.78 is 13.3. The number of aryl methyl sites for hydroxylation is 1. The molecule has 0 nitrogen and oxygen atoms in total. The van der Waals surface area contributed by atoms with Crippen molar-refractivity contribution in [2.45, 2.75) is 77.6 Å². The SMILES string of the molecule is CCCCC1CCC(CCC2=Cc3ccc(F)cc3CC2)CC1. The van der Waals surface area contributed by atoms with Gasteiger partial charge < -0.3 is 0 Å². The molecule has 1 aromatic rings. The van der Waals surface area contributed by atoms with Crippen molar-refractivity contribution in [3.05, 3.63) is 40.7 Å². The van der Waals surface area contributed by atoms with Gasteiger partial charge in [-0.1, -0.05) is 69.6 Å². The second kappa shape index (κ2) is 8.13. The third-order valence-electron chi connectivity index (χ3n) is 5.99. The Balaban J connectivity index is 1.46. The van der Waals surface area contributed by atoms with Gasteiger partial charge in [-0.05, 0) is 60.8 Å². The largest absolute Gasteiger partial charge is 0.207 e. The van der Waals surface area contributed by atoms with Crippen molar-refractivity contribution >= 4 is 6.08 Å². The molecule has 3 rings (SSSR count). The van der Waals surface area contributed by atoms with Crippen molar-refractivity contribution < 1.29 is 4.39 Å². The number of benzene rings is 1. The number of hydrogen-bond acceptors (Lipinski definition) is 0. The lowest BCUT2D eigenvalue weighted by molar-refractivity contribution is 0.249. The lowest BCUT2D eigenvalue weighted by Gasteiger charge is -2.29. The van der Waals surface area contributed by atoms with Gasteiger partial charge in [-0.15, -0.1) is 0 Å². The number of rotatable bonds is 6. The fourth-order valence-electron chi connectivity index (χ4n) is 4.41. The molecule has 2 aliphatic carbocycles. The van der Waals surface area contributed by atoms with Gasteiger partial charge in [0.15, 0.2) is 0 Å². The van der Waals surface area contributed by atoms with Crippen LogP contribution in [-0.2, 0) is 6.42 Å². The smallest absolute Gasteiger partial charge is 0.123 e. The third kappa shape index (κ3) is 4.68. The van der Waals surface area contributed by atoms with Gasteiger partial charge >= 0.3 is 0 Å². The molecule has 2 aliphatic rings. The molecule has 0 amide bonds. The molecule has 1 fully saturated rings. The van der Waals surface area contributed by atoms with Gasteiger partial charge in [0.05, 0.1) is 0 Å². The second-order valence-corrected chi connectivity index (χ2v) is 7.71. The van der Waals surface area contributed by atoms with Crippen LogP contribution in [0.4, 0.5) is 4.39 Å². The minimum atomic E-state index is -0.0968. The number of unbranched alkanes of at least 4 members (excludes halogenated alkanes) is 1. The monoisotopic (exact) mass is 314 g/mol. The Bertz CT molecular complexity index is 535. The summed E-state index contributed by atoms with van der Waals surface area (Å²) in [7, 11) is 0. The van der Waals surface area contributed by atoms with E-state index in [1.165, 1.54) is 68.9 Å². The van der Waals surface area contributed by atoms with Crippen LogP contribution in [0.15, 0.2) is 23.8 Å². The fourth-order valence-corrected chi connectivity index (χ4v) is 4.41. The minimum Gasteiger partial charge on any atom is -0.207 e. The summed E-state index contributed by atoms with van der Waals surface area (Å²) in [5.41, 5.74) is 4.01. The summed E-state index contributed by atoms with van der Waals surface area (Å²) in [6.45, 7) is 2.30. The van der Waals surface area contributed by atoms with E-state index in [9.17, 15) is 4.39 Å². The summed E-state index contributed by atoms with van der Waals surface area (Å²) in [6, 6.07) is 5.25. The molecule has 0 N–H and O–H groups in total. The van der Waals surface area contributed by atoms with Crippen LogP contribution >= 0.6 is 0 Å². The van der Waals surface area contributed by atoms with Crippen LogP contribution in [0.3, 0.4) is 0 Å². The summed E-state index contributed by atoms with van der Waals surface area (Å²) in [6.07, 6.45) is 17.1. The maximum atomic E-state index is 13.3. The molecule has 0 bridgehead atoms. The number of allylic oxidation sites excluding steroid dienone is 1. The van der Waals surface area contributed by atoms with Crippen molar-refractivity contribution in [3.8, 4) is 0 Å². The van der Waals surface area contributed by atoms with Gasteiger partial charge in [-0.3, -0.25) is 0 Å². The molecule has 0 unspecified atom stereocenters. The van der Waals surface area contributed by atoms with Crippen LogP contribution in [0.1, 0.15) is 82.3 Å². The fraction of sp³-hybridized carbons (Fsp3) is 0.636. The van der Waals surface area contributed by atoms with Crippen LogP contribution in [0.25, 0.3) is 6.08 Å². The topological polar surface area (TPSA) is 0 Å². The molecule has 0 spiro atoms. The predicted octanol–water partition coefficient (Wildman–Crippen LogP) is 6.93. The summed E-state index contributed by atoms with van der Waals surface area (Å²) in [5.74, 6) is 1.87. The molecule has 0 atom stereocenters. The highest BCUT2D eigenvalue weighted by atomic mass is 19.1. The maximum Gasteiger partial charge on any atom is 0.123 e. The molecule has 0 aromatic heterocycles. The van der Waals surface area contributed by atoms with Gasteiger partial charge in [0.1, 0.15) is 5.82 Å². The number of hydrogen-bond donors (Lipinski definition) is 0. The normalized spacial score (nSPS) is 24.2. The van der Waals surface area contributed by atoms with Crippen LogP contribution < -0.4 is 0 Å². The van der Waals surface area contributed by atoms with Crippen molar-refractivity contribution in [2.24, 2.45) is 11.8 Å². The Morgan fingerprint density at radius 2 is 1.74 bits per heavy atom. The van der Waals surface area contributed by atoms with Crippen LogP contribution in [0, 0.1) is 17.7 Å². The standard InChI is InChI=1S/C22H31F/c1-2-3-4-17-5-7-18(8-6-17)9-10-19-11-12-21-16-22(23)14-13-20(21)15-19/h13-18H,2-12H2,1H3. The number of halogens is 1. The highest BCUT2D eigenvalue weighted by molar-refractivity contribution is 5.59. The predicted molar refractivity (Wildman–Crippen MR) is 96.9 cm³/mol.